The van der Waals surface area contributed by atoms with Gasteiger partial charge in [0.15, 0.2) is 0 Å². The Bertz CT molecular complexity index is 1060. The van der Waals surface area contributed by atoms with E-state index in [9.17, 15) is 19.5 Å². The molecule has 2 bridgehead atoms. The van der Waals surface area contributed by atoms with Gasteiger partial charge in [-0.1, -0.05) is 56.7 Å². The Morgan fingerprint density at radius 1 is 1.32 bits per heavy atom. The van der Waals surface area contributed by atoms with Crippen LogP contribution in [0.3, 0.4) is 0 Å². The fourth-order valence-electron chi connectivity index (χ4n) is 7.27. The second-order valence-corrected chi connectivity index (χ2v) is 11.2. The number of hydrogen-bond donors (Lipinski definition) is 1. The van der Waals surface area contributed by atoms with Crippen LogP contribution >= 0.6 is 0 Å². The molecule has 3 saturated heterocycles. The van der Waals surface area contributed by atoms with Gasteiger partial charge in [0.25, 0.3) is 0 Å². The maximum Gasteiger partial charge on any atom is 0.312 e. The molecule has 208 valence electrons. The van der Waals surface area contributed by atoms with Crippen LogP contribution in [0.1, 0.15) is 65.5 Å². The molecule has 3 fully saturated rings. The maximum absolute atomic E-state index is 14.6. The van der Waals surface area contributed by atoms with Crippen LogP contribution in [0.15, 0.2) is 43.0 Å². The normalized spacial score (nSPS) is 33.1. The number of carbonyl (C=O) groups is 3. The quantitative estimate of drug-likeness (QED) is 0.350. The maximum atomic E-state index is 14.6. The molecule has 1 spiro atoms. The zero-order valence-corrected chi connectivity index (χ0v) is 23.3. The van der Waals surface area contributed by atoms with Crippen LogP contribution < -0.4 is 0 Å². The lowest BCUT2D eigenvalue weighted by Crippen LogP contribution is -2.58. The zero-order chi connectivity index (χ0) is 27.8. The number of hydrogen-bond acceptors (Lipinski definition) is 6. The van der Waals surface area contributed by atoms with Crippen LogP contribution in [-0.2, 0) is 23.9 Å². The summed E-state index contributed by atoms with van der Waals surface area (Å²) in [5.41, 5.74) is -1.42. The summed E-state index contributed by atoms with van der Waals surface area (Å²) in [4.78, 5) is 45.7. The first kappa shape index (κ1) is 28.3. The Balaban J connectivity index is 1.90. The predicted molar refractivity (Wildman–Crippen MR) is 143 cm³/mol. The summed E-state index contributed by atoms with van der Waals surface area (Å²) in [5.74, 6) is -2.85. The molecular weight excluding hydrogens is 484 g/mol. The van der Waals surface area contributed by atoms with E-state index in [4.69, 9.17) is 9.47 Å². The Labute approximate surface area is 226 Å². The fourth-order valence-corrected chi connectivity index (χ4v) is 7.27. The molecule has 3 heterocycles. The van der Waals surface area contributed by atoms with Crippen molar-refractivity contribution in [3.63, 3.8) is 0 Å². The summed E-state index contributed by atoms with van der Waals surface area (Å²) in [6.45, 7) is 13.7. The van der Waals surface area contributed by atoms with E-state index in [2.05, 4.69) is 13.5 Å². The van der Waals surface area contributed by atoms with E-state index in [1.165, 1.54) is 4.90 Å². The summed E-state index contributed by atoms with van der Waals surface area (Å²) in [5, 5.41) is 10.6. The number of aliphatic hydroxyl groups is 1. The topological polar surface area (TPSA) is 96.4 Å². The van der Waals surface area contributed by atoms with E-state index in [0.717, 1.165) is 18.4 Å². The summed E-state index contributed by atoms with van der Waals surface area (Å²) in [6.07, 6.45) is 3.83. The van der Waals surface area contributed by atoms with Gasteiger partial charge in [0.1, 0.15) is 17.6 Å². The molecule has 1 aromatic carbocycles. The van der Waals surface area contributed by atoms with E-state index in [0.29, 0.717) is 13.0 Å². The lowest BCUT2D eigenvalue weighted by atomic mass is 9.62. The number of rotatable bonds is 11. The number of likely N-dealkylation sites (tertiary alicyclic amines) is 1. The molecule has 2 amide bonds. The standard InChI is InChI=1S/C30H42N2O6/c1-7-13-20(5)31(16-8-2)27(35)25-30-17-19(4)29(6,38-30)24(28(36)37-9-3)23(30)26(34)32(25)22(18-33)21-14-11-10-12-15-21/h8,10-12,14-15,19-20,22-25,33H,2,7,9,13,16-18H2,1,3-6H3/t19?,20?,22-,23+,24-,25?,29+,30?/m1/s1. The first-order valence-corrected chi connectivity index (χ1v) is 13.9. The van der Waals surface area contributed by atoms with Crippen LogP contribution in [0.25, 0.3) is 0 Å². The van der Waals surface area contributed by atoms with Crippen LogP contribution in [0.4, 0.5) is 0 Å². The molecular formula is C30H42N2O6. The highest BCUT2D eigenvalue weighted by molar-refractivity contribution is 5.99. The number of aliphatic hydroxyl groups excluding tert-OH is 1. The Hall–Kier alpha value is -2.71. The van der Waals surface area contributed by atoms with Gasteiger partial charge in [0, 0.05) is 12.6 Å². The van der Waals surface area contributed by atoms with Crippen molar-refractivity contribution in [1.82, 2.24) is 9.80 Å². The summed E-state index contributed by atoms with van der Waals surface area (Å²) in [6, 6.07) is 7.38. The number of esters is 1. The number of amides is 2. The van der Waals surface area contributed by atoms with Crippen LogP contribution in [0, 0.1) is 17.8 Å². The molecule has 0 saturated carbocycles. The molecule has 0 aliphatic carbocycles. The van der Waals surface area contributed by atoms with Gasteiger partial charge in [-0.3, -0.25) is 14.4 Å². The molecule has 3 aliphatic rings. The smallest absolute Gasteiger partial charge is 0.312 e. The highest BCUT2D eigenvalue weighted by Crippen LogP contribution is 2.66. The summed E-state index contributed by atoms with van der Waals surface area (Å²) < 4.78 is 12.2. The van der Waals surface area contributed by atoms with Crippen molar-refractivity contribution in [2.45, 2.75) is 83.2 Å². The van der Waals surface area contributed by atoms with Crippen molar-refractivity contribution in [1.29, 1.82) is 0 Å². The molecule has 8 heteroatoms. The number of carbonyl (C=O) groups excluding carboxylic acids is 3. The van der Waals surface area contributed by atoms with Gasteiger partial charge in [-0.2, -0.15) is 0 Å². The lowest BCUT2D eigenvalue weighted by molar-refractivity contribution is -0.164. The molecule has 8 nitrogen and oxygen atoms in total. The summed E-state index contributed by atoms with van der Waals surface area (Å²) >= 11 is 0. The lowest BCUT2D eigenvalue weighted by Gasteiger charge is -2.41. The highest BCUT2D eigenvalue weighted by atomic mass is 16.6. The number of nitrogens with zero attached hydrogens (tertiary/aromatic N) is 2. The third-order valence-corrected chi connectivity index (χ3v) is 9.07. The molecule has 3 aliphatic heterocycles. The Kier molecular flexibility index (Phi) is 8.05. The largest absolute Gasteiger partial charge is 0.466 e. The Morgan fingerprint density at radius 3 is 2.58 bits per heavy atom. The second kappa shape index (κ2) is 10.8. The van der Waals surface area contributed by atoms with Crippen molar-refractivity contribution < 1.29 is 29.0 Å². The van der Waals surface area contributed by atoms with Crippen molar-refractivity contribution >= 4 is 17.8 Å². The first-order valence-electron chi connectivity index (χ1n) is 13.9. The van der Waals surface area contributed by atoms with Crippen LogP contribution in [0.5, 0.6) is 0 Å². The van der Waals surface area contributed by atoms with Gasteiger partial charge in [-0.05, 0) is 45.1 Å². The van der Waals surface area contributed by atoms with E-state index < -0.39 is 41.1 Å². The van der Waals surface area contributed by atoms with Crippen molar-refractivity contribution in [2.24, 2.45) is 17.8 Å². The monoisotopic (exact) mass is 526 g/mol. The molecule has 0 radical (unpaired) electrons. The van der Waals surface area contributed by atoms with Crippen molar-refractivity contribution in [3.8, 4) is 0 Å². The van der Waals surface area contributed by atoms with Gasteiger partial charge < -0.3 is 24.4 Å². The van der Waals surface area contributed by atoms with Crippen LogP contribution in [-0.4, -0.2) is 75.7 Å². The van der Waals surface area contributed by atoms with Gasteiger partial charge in [0.05, 0.1) is 30.8 Å². The van der Waals surface area contributed by atoms with Crippen LogP contribution in [0.2, 0.25) is 0 Å². The third-order valence-electron chi connectivity index (χ3n) is 9.07. The minimum absolute atomic E-state index is 0.0820. The SMILES string of the molecule is C=CCN(C(=O)C1N([C@H](CO)c2ccccc2)C(=O)[C@@H]2[C@H](C(=O)OCC)[C@@]3(C)OC12CC3C)C(C)CCC. The van der Waals surface area contributed by atoms with E-state index in [1.54, 1.807) is 17.9 Å². The van der Waals surface area contributed by atoms with Gasteiger partial charge in [-0.15, -0.1) is 6.58 Å². The third kappa shape index (κ3) is 4.16. The highest BCUT2D eigenvalue weighted by Gasteiger charge is 2.80. The average molecular weight is 527 g/mol. The molecule has 1 N–H and O–H groups in total. The van der Waals surface area contributed by atoms with Gasteiger partial charge in [-0.25, -0.2) is 0 Å². The zero-order valence-electron chi connectivity index (χ0n) is 23.3. The van der Waals surface area contributed by atoms with Crippen molar-refractivity contribution in [2.75, 3.05) is 19.8 Å². The van der Waals surface area contributed by atoms with Gasteiger partial charge in [0.2, 0.25) is 11.8 Å². The number of ether oxygens (including phenoxy) is 2. The van der Waals surface area contributed by atoms with E-state index in [1.807, 2.05) is 51.1 Å². The predicted octanol–water partition coefficient (Wildman–Crippen LogP) is 3.50. The number of fused-ring (bicyclic) bond motifs is 1. The summed E-state index contributed by atoms with van der Waals surface area (Å²) in [7, 11) is 0. The first-order chi connectivity index (χ1) is 18.1. The molecule has 4 rings (SSSR count). The van der Waals surface area contributed by atoms with Gasteiger partial charge >= 0.3 is 5.97 Å². The molecule has 0 aromatic heterocycles. The Morgan fingerprint density at radius 2 is 2.00 bits per heavy atom. The fraction of sp³-hybridized carbons (Fsp3) is 0.633. The minimum Gasteiger partial charge on any atom is -0.466 e. The molecule has 38 heavy (non-hydrogen) atoms. The molecule has 8 atom stereocenters. The minimum atomic E-state index is -1.20. The van der Waals surface area contributed by atoms with Crippen molar-refractivity contribution in [3.05, 3.63) is 48.6 Å². The second-order valence-electron chi connectivity index (χ2n) is 11.2. The average Bonchev–Trinajstić information content (AvgIpc) is 3.40. The molecule has 4 unspecified atom stereocenters. The van der Waals surface area contributed by atoms with E-state index in [-0.39, 0.29) is 37.0 Å². The molecule has 1 aromatic rings. The number of benzene rings is 1. The van der Waals surface area contributed by atoms with E-state index >= 15 is 0 Å².